The van der Waals surface area contributed by atoms with E-state index in [0.717, 1.165) is 31.3 Å². The van der Waals surface area contributed by atoms with Crippen LogP contribution in [0.3, 0.4) is 0 Å². The van der Waals surface area contributed by atoms with Gasteiger partial charge in [-0.25, -0.2) is 0 Å². The zero-order valence-electron chi connectivity index (χ0n) is 11.0. The van der Waals surface area contributed by atoms with Crippen molar-refractivity contribution in [2.24, 2.45) is 0 Å². The van der Waals surface area contributed by atoms with E-state index < -0.39 is 0 Å². The summed E-state index contributed by atoms with van der Waals surface area (Å²) in [5, 5.41) is 14.6. The first kappa shape index (κ1) is 12.6. The third kappa shape index (κ3) is 2.77. The lowest BCUT2D eigenvalue weighted by atomic mass is 9.92. The van der Waals surface area contributed by atoms with E-state index in [4.69, 9.17) is 0 Å². The molecule has 0 radical (unpaired) electrons. The molecule has 3 nitrogen and oxygen atoms in total. The molecule has 2 atom stereocenters. The highest BCUT2D eigenvalue weighted by Crippen LogP contribution is 2.20. The lowest BCUT2D eigenvalue weighted by Crippen LogP contribution is -2.41. The first-order chi connectivity index (χ1) is 9.34. The van der Waals surface area contributed by atoms with Gasteiger partial charge in [0.1, 0.15) is 0 Å². The molecular formula is C16H20N2O. The monoisotopic (exact) mass is 256 g/mol. The molecule has 1 fully saturated rings. The molecule has 1 aromatic heterocycles. The van der Waals surface area contributed by atoms with Gasteiger partial charge < -0.3 is 10.4 Å². The Labute approximate surface area is 113 Å². The van der Waals surface area contributed by atoms with Crippen LogP contribution < -0.4 is 5.32 Å². The highest BCUT2D eigenvalue weighted by molar-refractivity contribution is 5.81. The maximum Gasteiger partial charge on any atom is 0.0746 e. The van der Waals surface area contributed by atoms with Gasteiger partial charge in [0, 0.05) is 24.2 Å². The Morgan fingerprint density at radius 2 is 2.00 bits per heavy atom. The van der Waals surface area contributed by atoms with Crippen molar-refractivity contribution >= 4 is 10.9 Å². The van der Waals surface area contributed by atoms with Crippen molar-refractivity contribution in [3.8, 4) is 0 Å². The van der Waals surface area contributed by atoms with E-state index in [1.807, 2.05) is 12.3 Å². The Morgan fingerprint density at radius 1 is 1.16 bits per heavy atom. The molecule has 0 aliphatic heterocycles. The lowest BCUT2D eigenvalue weighted by molar-refractivity contribution is 0.0903. The van der Waals surface area contributed by atoms with Gasteiger partial charge in [0.05, 0.1) is 11.6 Å². The van der Waals surface area contributed by atoms with Crippen molar-refractivity contribution in [1.82, 2.24) is 10.3 Å². The van der Waals surface area contributed by atoms with Crippen molar-refractivity contribution in [2.75, 3.05) is 0 Å². The fraction of sp³-hybridized carbons (Fsp3) is 0.438. The summed E-state index contributed by atoms with van der Waals surface area (Å²) in [5.41, 5.74) is 2.26. The van der Waals surface area contributed by atoms with E-state index >= 15 is 0 Å². The molecule has 2 aromatic rings. The van der Waals surface area contributed by atoms with Crippen molar-refractivity contribution in [3.63, 3.8) is 0 Å². The maximum atomic E-state index is 9.98. The maximum absolute atomic E-state index is 9.98. The third-order valence-electron chi connectivity index (χ3n) is 4.00. The number of rotatable bonds is 3. The zero-order chi connectivity index (χ0) is 13.1. The lowest BCUT2D eigenvalue weighted by Gasteiger charge is -2.28. The van der Waals surface area contributed by atoms with Gasteiger partial charge in [0.2, 0.25) is 0 Å². The van der Waals surface area contributed by atoms with Gasteiger partial charge in [-0.05, 0) is 24.5 Å². The van der Waals surface area contributed by atoms with E-state index in [0.29, 0.717) is 0 Å². The van der Waals surface area contributed by atoms with Crippen LogP contribution in [0.25, 0.3) is 10.9 Å². The number of para-hydroxylation sites is 1. The van der Waals surface area contributed by atoms with Crippen molar-refractivity contribution in [2.45, 2.75) is 44.4 Å². The second-order valence-electron chi connectivity index (χ2n) is 5.33. The average Bonchev–Trinajstić information content (AvgIpc) is 2.46. The van der Waals surface area contributed by atoms with Gasteiger partial charge in [-0.2, -0.15) is 0 Å². The third-order valence-corrected chi connectivity index (χ3v) is 4.00. The summed E-state index contributed by atoms with van der Waals surface area (Å²) in [6, 6.07) is 10.5. The second-order valence-corrected chi connectivity index (χ2v) is 5.33. The predicted octanol–water partition coefficient (Wildman–Crippen LogP) is 2.63. The van der Waals surface area contributed by atoms with E-state index in [9.17, 15) is 5.11 Å². The molecule has 1 saturated carbocycles. The molecule has 1 aliphatic rings. The molecule has 19 heavy (non-hydrogen) atoms. The minimum absolute atomic E-state index is 0.198. The zero-order valence-corrected chi connectivity index (χ0v) is 11.0. The number of pyridine rings is 1. The van der Waals surface area contributed by atoms with Gasteiger partial charge in [-0.3, -0.25) is 4.98 Å². The van der Waals surface area contributed by atoms with Crippen LogP contribution in [-0.4, -0.2) is 22.2 Å². The molecule has 0 amide bonds. The van der Waals surface area contributed by atoms with Gasteiger partial charge in [-0.15, -0.1) is 0 Å². The Morgan fingerprint density at radius 3 is 2.89 bits per heavy atom. The van der Waals surface area contributed by atoms with E-state index in [2.05, 4.69) is 34.6 Å². The molecule has 3 rings (SSSR count). The van der Waals surface area contributed by atoms with Crippen LogP contribution in [0.4, 0.5) is 0 Å². The van der Waals surface area contributed by atoms with Crippen LogP contribution in [0.1, 0.15) is 31.2 Å². The summed E-state index contributed by atoms with van der Waals surface area (Å²) in [5.74, 6) is 0. The smallest absolute Gasteiger partial charge is 0.0746 e. The highest BCUT2D eigenvalue weighted by atomic mass is 16.3. The number of hydrogen-bond acceptors (Lipinski definition) is 3. The molecule has 100 valence electrons. The number of aliphatic hydroxyl groups excluding tert-OH is 1. The topological polar surface area (TPSA) is 45.1 Å². The van der Waals surface area contributed by atoms with Crippen LogP contribution in [0.5, 0.6) is 0 Å². The fourth-order valence-electron chi connectivity index (χ4n) is 2.90. The van der Waals surface area contributed by atoms with Gasteiger partial charge in [0.25, 0.3) is 0 Å². The van der Waals surface area contributed by atoms with Crippen molar-refractivity contribution in [3.05, 3.63) is 42.1 Å². The Balaban J connectivity index is 1.74. The molecule has 1 heterocycles. The summed E-state index contributed by atoms with van der Waals surface area (Å²) >= 11 is 0. The number of aromatic nitrogens is 1. The first-order valence-corrected chi connectivity index (χ1v) is 7.08. The second kappa shape index (κ2) is 5.68. The summed E-state index contributed by atoms with van der Waals surface area (Å²) < 4.78 is 0. The fourth-order valence-corrected chi connectivity index (χ4v) is 2.90. The molecular weight excluding hydrogens is 236 g/mol. The number of fused-ring (bicyclic) bond motifs is 1. The quantitative estimate of drug-likeness (QED) is 0.887. The van der Waals surface area contributed by atoms with Gasteiger partial charge in [-0.1, -0.05) is 37.1 Å². The molecule has 3 heteroatoms. The largest absolute Gasteiger partial charge is 0.392 e. The molecule has 0 spiro atoms. The normalized spacial score (nSPS) is 23.6. The van der Waals surface area contributed by atoms with Gasteiger partial charge in [0.15, 0.2) is 0 Å². The van der Waals surface area contributed by atoms with Crippen LogP contribution in [0.2, 0.25) is 0 Å². The molecule has 1 aliphatic carbocycles. The number of aliphatic hydroxyl groups is 1. The number of nitrogens with zero attached hydrogens (tertiary/aromatic N) is 1. The summed E-state index contributed by atoms with van der Waals surface area (Å²) in [6.07, 6.45) is 5.99. The summed E-state index contributed by atoms with van der Waals surface area (Å²) in [7, 11) is 0. The SMILES string of the molecule is O[C@H]1CCCC[C@@H]1NCc1cccc2cccnc12. The Bertz CT molecular complexity index is 550. The average molecular weight is 256 g/mol. The van der Waals surface area contributed by atoms with Crippen LogP contribution >= 0.6 is 0 Å². The summed E-state index contributed by atoms with van der Waals surface area (Å²) in [4.78, 5) is 4.46. The molecule has 0 bridgehead atoms. The number of benzene rings is 1. The molecule has 2 N–H and O–H groups in total. The standard InChI is InChI=1S/C16H20N2O/c19-15-9-2-1-8-14(15)18-11-13-6-3-5-12-7-4-10-17-16(12)13/h3-7,10,14-15,18-19H,1-2,8-9,11H2/t14-,15-/m0/s1. The van der Waals surface area contributed by atoms with E-state index in [1.165, 1.54) is 17.4 Å². The minimum atomic E-state index is -0.198. The van der Waals surface area contributed by atoms with Crippen LogP contribution in [-0.2, 0) is 6.54 Å². The van der Waals surface area contributed by atoms with E-state index in [-0.39, 0.29) is 12.1 Å². The van der Waals surface area contributed by atoms with Crippen molar-refractivity contribution < 1.29 is 5.11 Å². The van der Waals surface area contributed by atoms with Gasteiger partial charge >= 0.3 is 0 Å². The Hall–Kier alpha value is -1.45. The minimum Gasteiger partial charge on any atom is -0.392 e. The highest BCUT2D eigenvalue weighted by Gasteiger charge is 2.22. The summed E-state index contributed by atoms with van der Waals surface area (Å²) in [6.45, 7) is 0.774. The van der Waals surface area contributed by atoms with Crippen molar-refractivity contribution in [1.29, 1.82) is 0 Å². The Kier molecular flexibility index (Phi) is 3.76. The number of hydrogen-bond donors (Lipinski definition) is 2. The molecule has 0 saturated heterocycles. The first-order valence-electron chi connectivity index (χ1n) is 7.08. The predicted molar refractivity (Wildman–Crippen MR) is 76.8 cm³/mol. The van der Waals surface area contributed by atoms with Crippen LogP contribution in [0, 0.1) is 0 Å². The molecule has 1 aromatic carbocycles. The molecule has 0 unspecified atom stereocenters. The number of nitrogens with one attached hydrogen (secondary N) is 1. The van der Waals surface area contributed by atoms with E-state index in [1.54, 1.807) is 0 Å². The van der Waals surface area contributed by atoms with Crippen LogP contribution in [0.15, 0.2) is 36.5 Å².